The minimum Gasteiger partial charge on any atom is -0.354 e. The van der Waals surface area contributed by atoms with Crippen molar-refractivity contribution in [2.75, 3.05) is 42.5 Å². The summed E-state index contributed by atoms with van der Waals surface area (Å²) in [6.07, 6.45) is 3.63. The number of carbonyl (C=O) groups is 4. The van der Waals surface area contributed by atoms with Crippen LogP contribution in [0.3, 0.4) is 0 Å². The van der Waals surface area contributed by atoms with Crippen LogP contribution in [0.5, 0.6) is 0 Å². The highest BCUT2D eigenvalue weighted by Gasteiger charge is 2.46. The maximum absolute atomic E-state index is 15.9. The molecule has 2 unspecified atom stereocenters. The summed E-state index contributed by atoms with van der Waals surface area (Å²) in [5, 5.41) is 7.13. The number of hydrogen-bond acceptors (Lipinski definition) is 10. The van der Waals surface area contributed by atoms with Gasteiger partial charge in [0.05, 0.1) is 29.1 Å². The highest BCUT2D eigenvalue weighted by molar-refractivity contribution is 6.23. The van der Waals surface area contributed by atoms with Crippen molar-refractivity contribution in [3.05, 3.63) is 107 Å². The predicted molar refractivity (Wildman–Crippen MR) is 193 cm³/mol. The van der Waals surface area contributed by atoms with Crippen molar-refractivity contribution in [2.45, 2.75) is 44.3 Å². The van der Waals surface area contributed by atoms with Crippen LogP contribution < -0.4 is 15.1 Å². The summed E-state index contributed by atoms with van der Waals surface area (Å²) in [6, 6.07) is 18.3. The number of halogens is 2. The summed E-state index contributed by atoms with van der Waals surface area (Å²) in [5.41, 5.74) is 2.93. The fourth-order valence-corrected chi connectivity index (χ4v) is 8.09. The third-order valence-corrected chi connectivity index (χ3v) is 10.8. The molecule has 54 heavy (non-hydrogen) atoms. The van der Waals surface area contributed by atoms with Crippen LogP contribution >= 0.6 is 0 Å². The summed E-state index contributed by atoms with van der Waals surface area (Å²) in [6.45, 7) is 3.48. The molecule has 4 aliphatic rings. The Labute approximate surface area is 308 Å². The molecule has 15 heteroatoms. The number of pyridine rings is 1. The Morgan fingerprint density at radius 2 is 1.65 bits per heavy atom. The maximum atomic E-state index is 15.9. The van der Waals surface area contributed by atoms with Crippen LogP contribution in [-0.2, 0) is 16.1 Å². The first-order chi connectivity index (χ1) is 26.2. The summed E-state index contributed by atoms with van der Waals surface area (Å²) in [5.74, 6) is -2.26. The number of fused-ring (bicyclic) bond motifs is 2. The van der Waals surface area contributed by atoms with Crippen LogP contribution in [0.2, 0.25) is 0 Å². The van der Waals surface area contributed by atoms with E-state index in [2.05, 4.69) is 25.0 Å². The van der Waals surface area contributed by atoms with Gasteiger partial charge in [0.1, 0.15) is 35.0 Å². The summed E-state index contributed by atoms with van der Waals surface area (Å²) < 4.78 is 31.8. The molecule has 13 nitrogen and oxygen atoms in total. The number of imide groups is 2. The fraction of sp³-hybridized carbons (Fsp3) is 0.308. The highest BCUT2D eigenvalue weighted by Crippen LogP contribution is 2.36. The molecular weight excluding hydrogens is 696 g/mol. The standard InChI is InChI=1S/C39H35F2N9O4/c40-25-5-1-4-23(20-25)28-7-3-15-48(28)33-13-12-31-42-21-30(50(31)45-33)27-6-2-8-32(43-27)47-18-16-46(17-19-47)22-24-9-10-26-35(36(24)41)39(54)49(38(26)53)29-11-14-34(51)44-37(29)52/h1-2,4-6,8-10,12-13,20-21,28-29H,3,7,11,14-19,22H2,(H,44,51,52). The predicted octanol–water partition coefficient (Wildman–Crippen LogP) is 4.13. The van der Waals surface area contributed by atoms with Crippen LogP contribution in [0.25, 0.3) is 17.0 Å². The third-order valence-electron chi connectivity index (χ3n) is 10.8. The zero-order chi connectivity index (χ0) is 37.1. The van der Waals surface area contributed by atoms with Crippen molar-refractivity contribution < 1.29 is 28.0 Å². The normalized spacial score (nSPS) is 20.7. The van der Waals surface area contributed by atoms with Gasteiger partial charge in [0, 0.05) is 51.3 Å². The third kappa shape index (κ3) is 5.84. The number of anilines is 2. The lowest BCUT2D eigenvalue weighted by Crippen LogP contribution is -2.54. The number of benzene rings is 2. The Morgan fingerprint density at radius 3 is 2.46 bits per heavy atom. The van der Waals surface area contributed by atoms with E-state index >= 15 is 4.39 Å². The molecule has 2 atom stereocenters. The van der Waals surface area contributed by atoms with Crippen LogP contribution in [-0.4, -0.2) is 91.8 Å². The molecule has 3 saturated heterocycles. The molecule has 3 aromatic heterocycles. The summed E-state index contributed by atoms with van der Waals surface area (Å²) in [7, 11) is 0. The van der Waals surface area contributed by atoms with E-state index in [1.165, 1.54) is 18.2 Å². The van der Waals surface area contributed by atoms with Crippen molar-refractivity contribution >= 4 is 40.9 Å². The smallest absolute Gasteiger partial charge is 0.265 e. The Bertz CT molecular complexity index is 2360. The lowest BCUT2D eigenvalue weighted by molar-refractivity contribution is -0.136. The van der Waals surface area contributed by atoms with Crippen LogP contribution in [0.4, 0.5) is 20.4 Å². The van der Waals surface area contributed by atoms with E-state index in [0.29, 0.717) is 37.5 Å². The van der Waals surface area contributed by atoms with Crippen molar-refractivity contribution in [1.82, 2.24) is 34.7 Å². The molecule has 2 aromatic carbocycles. The van der Waals surface area contributed by atoms with Gasteiger partial charge in [-0.25, -0.2) is 23.3 Å². The van der Waals surface area contributed by atoms with Crippen LogP contribution in [0.15, 0.2) is 72.9 Å². The number of rotatable bonds is 7. The first kappa shape index (κ1) is 33.7. The second-order valence-corrected chi connectivity index (χ2v) is 14.1. The lowest BCUT2D eigenvalue weighted by atomic mass is 10.0. The Morgan fingerprint density at radius 1 is 0.815 bits per heavy atom. The second kappa shape index (κ2) is 13.4. The molecule has 3 fully saturated rings. The van der Waals surface area contributed by atoms with Gasteiger partial charge < -0.3 is 9.80 Å². The van der Waals surface area contributed by atoms with Crippen LogP contribution in [0, 0.1) is 11.6 Å². The monoisotopic (exact) mass is 731 g/mol. The average molecular weight is 732 g/mol. The molecule has 274 valence electrons. The van der Waals surface area contributed by atoms with Crippen molar-refractivity contribution in [3.63, 3.8) is 0 Å². The molecule has 9 rings (SSSR count). The van der Waals surface area contributed by atoms with E-state index in [0.717, 1.165) is 47.2 Å². The van der Waals surface area contributed by atoms with Crippen molar-refractivity contribution in [1.29, 1.82) is 0 Å². The number of piperazine rings is 1. The van der Waals surface area contributed by atoms with Crippen molar-refractivity contribution in [2.24, 2.45) is 0 Å². The Hall–Kier alpha value is -6.09. The highest BCUT2D eigenvalue weighted by atomic mass is 19.1. The molecule has 0 saturated carbocycles. The van der Waals surface area contributed by atoms with Gasteiger partial charge in [-0.05, 0) is 67.3 Å². The molecule has 5 aromatic rings. The minimum atomic E-state index is -1.16. The fourth-order valence-electron chi connectivity index (χ4n) is 8.09. The molecule has 7 heterocycles. The molecule has 4 amide bonds. The van der Waals surface area contributed by atoms with Crippen molar-refractivity contribution in [3.8, 4) is 11.4 Å². The number of aromatic nitrogens is 4. The molecule has 0 spiro atoms. The first-order valence-electron chi connectivity index (χ1n) is 18.1. The van der Waals surface area contributed by atoms with E-state index in [4.69, 9.17) is 10.1 Å². The maximum Gasteiger partial charge on any atom is 0.265 e. The van der Waals surface area contributed by atoms with Gasteiger partial charge in [0.15, 0.2) is 5.65 Å². The SMILES string of the molecule is O=C1CCC(N2C(=O)c3ccc(CN4CCN(c5cccc(-c6cnc7ccc(N8CCCC8c8cccc(F)c8)nn67)n5)CC4)c(F)c3C2=O)C(=O)N1. The number of hydrogen-bond donors (Lipinski definition) is 1. The average Bonchev–Trinajstić information content (AvgIpc) is 3.90. The van der Waals surface area contributed by atoms with E-state index in [1.54, 1.807) is 22.8 Å². The van der Waals surface area contributed by atoms with E-state index in [1.807, 2.05) is 36.4 Å². The number of amides is 4. The topological polar surface area (TPSA) is 136 Å². The molecule has 1 N–H and O–H groups in total. The molecular formula is C39H35F2N9O4. The number of carbonyl (C=O) groups excluding carboxylic acids is 4. The molecule has 0 radical (unpaired) electrons. The summed E-state index contributed by atoms with van der Waals surface area (Å²) >= 11 is 0. The van der Waals surface area contributed by atoms with Gasteiger partial charge in [-0.3, -0.25) is 34.3 Å². The quantitative estimate of drug-likeness (QED) is 0.244. The Kier molecular flexibility index (Phi) is 8.37. The molecule has 4 aliphatic heterocycles. The summed E-state index contributed by atoms with van der Waals surface area (Å²) in [4.78, 5) is 67.2. The largest absolute Gasteiger partial charge is 0.354 e. The van der Waals surface area contributed by atoms with Gasteiger partial charge in [-0.15, -0.1) is 5.10 Å². The zero-order valence-corrected chi connectivity index (χ0v) is 29.1. The lowest BCUT2D eigenvalue weighted by Gasteiger charge is -2.35. The van der Waals surface area contributed by atoms with E-state index < -0.39 is 35.5 Å². The van der Waals surface area contributed by atoms with Gasteiger partial charge >= 0.3 is 0 Å². The van der Waals surface area contributed by atoms with Gasteiger partial charge in [0.2, 0.25) is 11.8 Å². The first-order valence-corrected chi connectivity index (χ1v) is 18.1. The molecule has 0 aliphatic carbocycles. The Balaban J connectivity index is 0.885. The molecule has 0 bridgehead atoms. The van der Waals surface area contributed by atoms with E-state index in [9.17, 15) is 23.6 Å². The zero-order valence-electron chi connectivity index (χ0n) is 29.1. The number of imidazole rings is 1. The van der Waals surface area contributed by atoms with Gasteiger partial charge in [-0.1, -0.05) is 24.3 Å². The van der Waals surface area contributed by atoms with Crippen LogP contribution in [0.1, 0.15) is 63.6 Å². The number of nitrogens with one attached hydrogen (secondary N) is 1. The second-order valence-electron chi connectivity index (χ2n) is 14.1. The van der Waals surface area contributed by atoms with Gasteiger partial charge in [-0.2, -0.15) is 0 Å². The number of nitrogens with zero attached hydrogens (tertiary/aromatic N) is 8. The van der Waals surface area contributed by atoms with Gasteiger partial charge in [0.25, 0.3) is 11.8 Å². The number of piperidine rings is 1. The minimum absolute atomic E-state index is 0.00193. The van der Waals surface area contributed by atoms with E-state index in [-0.39, 0.29) is 47.9 Å².